The molecule has 0 spiro atoms. The van der Waals surface area contributed by atoms with Crippen LogP contribution in [0.3, 0.4) is 0 Å². The van der Waals surface area contributed by atoms with Crippen molar-refractivity contribution in [3.05, 3.63) is 30.5 Å². The zero-order valence-electron chi connectivity index (χ0n) is 20.7. The smallest absolute Gasteiger partial charge is 0.472 e. The fourth-order valence-electron chi connectivity index (χ4n) is 3.28. The minimum absolute atomic E-state index is 0.0964. The van der Waals surface area contributed by atoms with Crippen LogP contribution < -0.4 is 16.8 Å². The van der Waals surface area contributed by atoms with E-state index in [9.17, 15) is 34.1 Å². The Labute approximate surface area is 223 Å². The Hall–Kier alpha value is -3.10. The molecule has 38 heavy (non-hydrogen) atoms. The first-order chi connectivity index (χ1) is 17.9. The highest BCUT2D eigenvalue weighted by Gasteiger charge is 2.30. The van der Waals surface area contributed by atoms with Gasteiger partial charge in [0.05, 0.1) is 24.8 Å². The van der Waals surface area contributed by atoms with Crippen molar-refractivity contribution < 1.29 is 43.1 Å². The molecule has 0 radical (unpaired) electrons. The van der Waals surface area contributed by atoms with E-state index in [-0.39, 0.29) is 31.3 Å². The average Bonchev–Trinajstić information content (AvgIpc) is 3.20. The molecule has 0 aliphatic carbocycles. The van der Waals surface area contributed by atoms with Gasteiger partial charge in [0.25, 0.3) is 0 Å². The van der Waals surface area contributed by atoms with Gasteiger partial charge in [-0.2, -0.15) is 0 Å². The van der Waals surface area contributed by atoms with Crippen LogP contribution in [0.25, 0.3) is 10.8 Å². The lowest BCUT2D eigenvalue weighted by Crippen LogP contribution is -2.42. The molecule has 14 nitrogen and oxygen atoms in total. The third-order valence-electron chi connectivity index (χ3n) is 5.14. The van der Waals surface area contributed by atoms with Crippen molar-refractivity contribution in [3.8, 4) is 0 Å². The molecule has 0 bridgehead atoms. The molecular formula is C22H32N5O9PS. The van der Waals surface area contributed by atoms with E-state index in [2.05, 4.69) is 10.3 Å². The van der Waals surface area contributed by atoms with E-state index in [0.717, 1.165) is 18.2 Å². The number of fused-ring (bicyclic) bond motifs is 1. The van der Waals surface area contributed by atoms with Gasteiger partial charge in [0.1, 0.15) is 6.04 Å². The number of nitrogens with two attached hydrogens (primary N) is 2. The number of carbonyl (C=O) groups is 3. The summed E-state index contributed by atoms with van der Waals surface area (Å²) in [5.74, 6) is -3.32. The topological polar surface area (TPSA) is 229 Å². The summed E-state index contributed by atoms with van der Waals surface area (Å²) in [5, 5.41) is 23.7. The van der Waals surface area contributed by atoms with Gasteiger partial charge in [-0.3, -0.25) is 18.8 Å². The van der Waals surface area contributed by atoms with Gasteiger partial charge < -0.3 is 36.5 Å². The Morgan fingerprint density at radius 1 is 1.18 bits per heavy atom. The van der Waals surface area contributed by atoms with Gasteiger partial charge in [0.15, 0.2) is 12.0 Å². The summed E-state index contributed by atoms with van der Waals surface area (Å²) in [6.45, 7) is 0.713. The molecule has 0 aliphatic heterocycles. The van der Waals surface area contributed by atoms with Crippen molar-refractivity contribution in [2.75, 3.05) is 25.5 Å². The van der Waals surface area contributed by atoms with E-state index in [1.165, 1.54) is 10.8 Å². The summed E-state index contributed by atoms with van der Waals surface area (Å²) < 4.78 is 23.3. The number of nitrogens with zero attached hydrogens (tertiary/aromatic N) is 2. The average molecular weight is 574 g/mol. The lowest BCUT2D eigenvalue weighted by molar-refractivity contribution is -0.142. The molecule has 1 amide bonds. The molecule has 8 N–H and O–H groups in total. The number of aliphatic carboxylic acids is 2. The molecule has 0 saturated carbocycles. The third kappa shape index (κ3) is 9.65. The molecule has 0 saturated heterocycles. The zero-order valence-corrected chi connectivity index (χ0v) is 22.4. The highest BCUT2D eigenvalue weighted by atomic mass is 32.2. The standard InChI is InChI=1S/C22H32N5O9PS/c1-2-3-8-18(28)26-16(20(29)30)13-38-19-15-7-5-4-6-14(15)11-27(19)17(21(31)32)12-36-37(33,34)35-10-9-25-22(23)24/h4-7,11,16-17H,2-3,8-10,12-13H2,1H3,(H,26,28)(H,29,30)(H,31,32)(H,33,34)(H4,23,24,25)/t16-,17?/m0/s1. The summed E-state index contributed by atoms with van der Waals surface area (Å²) in [6, 6.07) is 4.26. The molecule has 0 fully saturated rings. The maximum Gasteiger partial charge on any atom is 0.472 e. The van der Waals surface area contributed by atoms with Gasteiger partial charge >= 0.3 is 19.8 Å². The predicted octanol–water partition coefficient (Wildman–Crippen LogP) is 1.53. The van der Waals surface area contributed by atoms with E-state index in [4.69, 9.17) is 20.5 Å². The van der Waals surface area contributed by atoms with E-state index in [1.807, 2.05) is 6.92 Å². The molecular weight excluding hydrogens is 541 g/mol. The fourth-order valence-corrected chi connectivity index (χ4v) is 5.22. The largest absolute Gasteiger partial charge is 0.480 e. The van der Waals surface area contributed by atoms with Crippen molar-refractivity contribution in [1.82, 2.24) is 9.88 Å². The Morgan fingerprint density at radius 2 is 1.89 bits per heavy atom. The maximum absolute atomic E-state index is 12.2. The molecule has 1 aromatic carbocycles. The second kappa shape index (κ2) is 14.7. The second-order valence-corrected chi connectivity index (χ2v) is 10.5. The van der Waals surface area contributed by atoms with Crippen molar-refractivity contribution in [1.29, 1.82) is 0 Å². The fraction of sp³-hybridized carbons (Fsp3) is 0.455. The molecule has 16 heteroatoms. The number of guanidine groups is 1. The number of hydrogen-bond acceptors (Lipinski definition) is 8. The maximum atomic E-state index is 12.2. The van der Waals surface area contributed by atoms with Crippen LogP contribution in [-0.4, -0.2) is 75.0 Å². The lowest BCUT2D eigenvalue weighted by atomic mass is 10.2. The van der Waals surface area contributed by atoms with Crippen molar-refractivity contribution >= 4 is 54.2 Å². The van der Waals surface area contributed by atoms with Crippen LogP contribution in [0.1, 0.15) is 32.2 Å². The van der Waals surface area contributed by atoms with Gasteiger partial charge in [-0.15, -0.1) is 11.8 Å². The highest BCUT2D eigenvalue weighted by molar-refractivity contribution is 7.99. The number of nitrogens with one attached hydrogen (secondary N) is 1. The van der Waals surface area contributed by atoms with Crippen molar-refractivity contribution in [2.45, 2.75) is 43.3 Å². The van der Waals surface area contributed by atoms with E-state index >= 15 is 0 Å². The monoisotopic (exact) mass is 573 g/mol. The number of phosphoric acid groups is 1. The normalized spacial score (nSPS) is 14.4. The first-order valence-electron chi connectivity index (χ1n) is 11.6. The van der Waals surface area contributed by atoms with E-state index in [0.29, 0.717) is 22.2 Å². The molecule has 210 valence electrons. The Morgan fingerprint density at radius 3 is 2.53 bits per heavy atom. The number of phosphoric ester groups is 1. The van der Waals surface area contributed by atoms with Crippen LogP contribution in [0.5, 0.6) is 0 Å². The zero-order chi connectivity index (χ0) is 28.3. The number of carboxylic acids is 2. The first kappa shape index (κ1) is 31.1. The molecule has 3 atom stereocenters. The lowest BCUT2D eigenvalue weighted by Gasteiger charge is -2.20. The summed E-state index contributed by atoms with van der Waals surface area (Å²) in [4.78, 5) is 49.6. The van der Waals surface area contributed by atoms with Crippen molar-refractivity contribution in [3.63, 3.8) is 0 Å². The van der Waals surface area contributed by atoms with Crippen LogP contribution in [0.15, 0.2) is 40.5 Å². The quantitative estimate of drug-likeness (QED) is 0.0520. The number of amides is 1. The number of benzene rings is 1. The van der Waals surface area contributed by atoms with Crippen LogP contribution in [0.2, 0.25) is 0 Å². The first-order valence-corrected chi connectivity index (χ1v) is 14.1. The van der Waals surface area contributed by atoms with Gasteiger partial charge in [-0.05, 0) is 6.42 Å². The SMILES string of the molecule is CCCCC(=O)N[C@@H](CSc1c2ccccc2cn1C(COP(=O)(O)OCCN=C(N)N)C(=O)O)C(=O)O. The Balaban J connectivity index is 2.25. The van der Waals surface area contributed by atoms with Crippen LogP contribution in [-0.2, 0) is 28.0 Å². The molecule has 2 aromatic rings. The number of carboxylic acid groups (broad SMARTS) is 2. The van der Waals surface area contributed by atoms with Gasteiger partial charge in [0, 0.05) is 29.1 Å². The highest BCUT2D eigenvalue weighted by Crippen LogP contribution is 2.44. The van der Waals surface area contributed by atoms with Gasteiger partial charge in [0.2, 0.25) is 5.91 Å². The number of unbranched alkanes of at least 4 members (excludes halogenated alkanes) is 1. The number of hydrogen-bond donors (Lipinski definition) is 6. The molecule has 2 rings (SSSR count). The molecule has 2 unspecified atom stereocenters. The molecule has 0 aliphatic rings. The minimum Gasteiger partial charge on any atom is -0.480 e. The third-order valence-corrected chi connectivity index (χ3v) is 7.33. The predicted molar refractivity (Wildman–Crippen MR) is 141 cm³/mol. The van der Waals surface area contributed by atoms with Gasteiger partial charge in [-0.25, -0.2) is 14.2 Å². The number of thioether (sulfide) groups is 1. The van der Waals surface area contributed by atoms with Gasteiger partial charge in [-0.1, -0.05) is 37.6 Å². The Kier molecular flexibility index (Phi) is 12.1. The summed E-state index contributed by atoms with van der Waals surface area (Å²) in [6.07, 6.45) is 3.11. The number of aliphatic imine (C=N–C) groups is 1. The molecule has 1 heterocycles. The van der Waals surface area contributed by atoms with Crippen molar-refractivity contribution in [2.24, 2.45) is 16.5 Å². The second-order valence-electron chi connectivity index (χ2n) is 8.06. The number of aromatic nitrogens is 1. The van der Waals surface area contributed by atoms with Crippen LogP contribution >= 0.6 is 19.6 Å². The Bertz CT molecular complexity index is 1200. The number of carbonyl (C=O) groups excluding carboxylic acids is 1. The summed E-state index contributed by atoms with van der Waals surface area (Å²) in [7, 11) is -4.65. The van der Waals surface area contributed by atoms with E-state index in [1.54, 1.807) is 24.3 Å². The number of rotatable bonds is 17. The molecule has 1 aromatic heterocycles. The summed E-state index contributed by atoms with van der Waals surface area (Å²) >= 11 is 1.03. The van der Waals surface area contributed by atoms with E-state index < -0.39 is 44.4 Å². The van der Waals surface area contributed by atoms with Crippen LogP contribution in [0, 0.1) is 0 Å². The van der Waals surface area contributed by atoms with Crippen LogP contribution in [0.4, 0.5) is 0 Å². The summed E-state index contributed by atoms with van der Waals surface area (Å²) in [5.41, 5.74) is 10.3. The minimum atomic E-state index is -4.65.